The average Bonchev–Trinajstić information content (AvgIpc) is 3.30. The van der Waals surface area contributed by atoms with Crippen LogP contribution in [0.4, 0.5) is 8.78 Å². The van der Waals surface area contributed by atoms with Gasteiger partial charge in [0, 0.05) is 23.5 Å². The van der Waals surface area contributed by atoms with Crippen LogP contribution in [0.5, 0.6) is 5.75 Å². The number of alkyl halides is 1. The normalized spacial score (nSPS) is 23.8. The number of hydrogen-bond donors (Lipinski definition) is 2. The Morgan fingerprint density at radius 3 is 2.73 bits per heavy atom. The minimum absolute atomic E-state index is 0.134. The van der Waals surface area contributed by atoms with Crippen molar-refractivity contribution in [2.75, 3.05) is 0 Å². The molecule has 41 heavy (non-hydrogen) atoms. The smallest absolute Gasteiger partial charge is 0.274 e. The number of hydrogen-bond acceptors (Lipinski definition) is 6. The van der Waals surface area contributed by atoms with Crippen LogP contribution in [0.15, 0.2) is 58.0 Å². The summed E-state index contributed by atoms with van der Waals surface area (Å²) < 4.78 is 39.1. The molecule has 216 valence electrons. The molecule has 6 rings (SSSR count). The van der Waals surface area contributed by atoms with E-state index in [4.69, 9.17) is 16.3 Å². The summed E-state index contributed by atoms with van der Waals surface area (Å²) in [4.78, 5) is 31.3. The minimum atomic E-state index is -1.71. The van der Waals surface area contributed by atoms with E-state index in [1.807, 2.05) is 0 Å². The fourth-order valence-electron chi connectivity index (χ4n) is 6.22. The van der Waals surface area contributed by atoms with E-state index in [1.165, 1.54) is 41.3 Å². The van der Waals surface area contributed by atoms with E-state index in [0.29, 0.717) is 42.6 Å². The molecule has 0 aromatic carbocycles. The Labute approximate surface area is 240 Å². The molecule has 8 nitrogen and oxygen atoms in total. The summed E-state index contributed by atoms with van der Waals surface area (Å²) in [5.41, 5.74) is 0.261. The van der Waals surface area contributed by atoms with Gasteiger partial charge in [0.1, 0.15) is 28.9 Å². The highest BCUT2D eigenvalue weighted by Gasteiger charge is 2.41. The molecule has 4 atom stereocenters. The maximum atomic E-state index is 16.6. The fourth-order valence-corrected chi connectivity index (χ4v) is 6.41. The van der Waals surface area contributed by atoms with Crippen molar-refractivity contribution in [1.29, 1.82) is 0 Å². The van der Waals surface area contributed by atoms with Crippen LogP contribution in [0.25, 0.3) is 0 Å². The van der Waals surface area contributed by atoms with Crippen molar-refractivity contribution in [2.24, 2.45) is 0 Å². The Hall–Kier alpha value is -3.50. The second-order valence-electron chi connectivity index (χ2n) is 11.5. The Balaban J connectivity index is 1.40. The number of aliphatic hydroxyl groups is 1. The third-order valence-corrected chi connectivity index (χ3v) is 8.58. The van der Waals surface area contributed by atoms with Gasteiger partial charge in [-0.1, -0.05) is 11.6 Å². The lowest BCUT2D eigenvalue weighted by atomic mass is 9.90. The van der Waals surface area contributed by atoms with Gasteiger partial charge in [-0.15, -0.1) is 0 Å². The summed E-state index contributed by atoms with van der Waals surface area (Å²) in [5, 5.41) is 13.3. The third-order valence-electron chi connectivity index (χ3n) is 8.23. The summed E-state index contributed by atoms with van der Waals surface area (Å²) in [6.45, 7) is 3.00. The van der Waals surface area contributed by atoms with Crippen LogP contribution in [0.3, 0.4) is 0 Å². The van der Waals surface area contributed by atoms with Gasteiger partial charge >= 0.3 is 0 Å². The van der Waals surface area contributed by atoms with Gasteiger partial charge in [-0.25, -0.2) is 8.78 Å². The molecule has 0 spiro atoms. The first-order valence-corrected chi connectivity index (χ1v) is 14.2. The number of aromatic nitrogens is 3. The van der Waals surface area contributed by atoms with Crippen LogP contribution in [0, 0.1) is 5.82 Å². The zero-order valence-electron chi connectivity index (χ0n) is 22.7. The first kappa shape index (κ1) is 27.7. The maximum Gasteiger partial charge on any atom is 0.274 e. The molecule has 2 N–H and O–H groups in total. The Morgan fingerprint density at radius 1 is 1.17 bits per heavy atom. The molecule has 5 heterocycles. The number of fused-ring (bicyclic) bond motifs is 4. The highest BCUT2D eigenvalue weighted by atomic mass is 35.5. The quantitative estimate of drug-likeness (QED) is 0.458. The molecular formula is C30H31ClF2N4O4. The largest absolute Gasteiger partial charge is 0.482 e. The number of nitrogens with zero attached hydrogens (tertiary/aromatic N) is 3. The number of pyridine rings is 3. The minimum Gasteiger partial charge on any atom is -0.482 e. The predicted octanol–water partition coefficient (Wildman–Crippen LogP) is 4.78. The monoisotopic (exact) mass is 584 g/mol. The zero-order chi connectivity index (χ0) is 29.1. The Kier molecular flexibility index (Phi) is 7.02. The SMILES string of the molecule is CC(C)(O)c1cccn([C@@H]2NC=C3CCCCc4cc(OC5CCc6cc(F)cnc65)c(Cl)c(=O)n4C3[C@@H]2F)c1=O. The van der Waals surface area contributed by atoms with Crippen molar-refractivity contribution >= 4 is 11.6 Å². The van der Waals surface area contributed by atoms with Crippen molar-refractivity contribution in [3.63, 3.8) is 0 Å². The second kappa shape index (κ2) is 10.4. The van der Waals surface area contributed by atoms with Crippen LogP contribution in [0.1, 0.15) is 80.4 Å². The summed E-state index contributed by atoms with van der Waals surface area (Å²) in [6, 6.07) is 5.24. The third kappa shape index (κ3) is 4.86. The molecule has 11 heteroatoms. The molecule has 2 aliphatic heterocycles. The lowest BCUT2D eigenvalue weighted by Gasteiger charge is -2.39. The number of rotatable bonds is 4. The Bertz CT molecular complexity index is 1660. The summed E-state index contributed by atoms with van der Waals surface area (Å²) in [6.07, 6.45) is 4.79. The van der Waals surface area contributed by atoms with Crippen LogP contribution in [0.2, 0.25) is 5.02 Å². The van der Waals surface area contributed by atoms with Crippen LogP contribution >= 0.6 is 11.6 Å². The molecule has 3 aliphatic rings. The van der Waals surface area contributed by atoms with E-state index in [-0.39, 0.29) is 16.3 Å². The Morgan fingerprint density at radius 2 is 1.95 bits per heavy atom. The zero-order valence-corrected chi connectivity index (χ0v) is 23.5. The van der Waals surface area contributed by atoms with E-state index in [2.05, 4.69) is 10.3 Å². The van der Waals surface area contributed by atoms with Gasteiger partial charge in [0.2, 0.25) is 0 Å². The van der Waals surface area contributed by atoms with Crippen molar-refractivity contribution in [2.45, 2.75) is 82.5 Å². The molecule has 0 amide bonds. The fraction of sp³-hybridized carbons (Fsp3) is 0.433. The van der Waals surface area contributed by atoms with Gasteiger partial charge in [0.25, 0.3) is 11.1 Å². The lowest BCUT2D eigenvalue weighted by molar-refractivity contribution is 0.0747. The van der Waals surface area contributed by atoms with Crippen LogP contribution < -0.4 is 21.2 Å². The maximum absolute atomic E-state index is 16.6. The van der Waals surface area contributed by atoms with Gasteiger partial charge in [-0.05, 0) is 87.9 Å². The number of nitrogens with one attached hydrogen (secondary N) is 1. The molecule has 0 saturated carbocycles. The van der Waals surface area contributed by atoms with E-state index in [9.17, 15) is 19.1 Å². The van der Waals surface area contributed by atoms with E-state index in [0.717, 1.165) is 24.6 Å². The number of allylic oxidation sites excluding steroid dienone is 1. The standard InChI is InChI=1S/C30H31ClF2N4O4/c1-30(2,40)20-8-5-11-36(28(20)38)27-24(33)26-17(14-35-27)6-3-4-7-19-13-22(23(31)29(39)37(19)26)41-21-10-9-16-12-18(32)15-34-25(16)21/h5,8,11-15,21,24,26-27,35,40H,3-4,6-7,9-10H2,1-2H3/t21?,24-,26?,27-/m0/s1. The molecule has 2 unspecified atom stereocenters. The number of halogens is 3. The lowest BCUT2D eigenvalue weighted by Crippen LogP contribution is -2.48. The molecule has 1 aliphatic carbocycles. The van der Waals surface area contributed by atoms with Crippen LogP contribution in [-0.2, 0) is 18.4 Å². The van der Waals surface area contributed by atoms with Gasteiger partial charge < -0.3 is 19.7 Å². The van der Waals surface area contributed by atoms with E-state index >= 15 is 4.39 Å². The first-order valence-electron chi connectivity index (χ1n) is 13.8. The van der Waals surface area contributed by atoms with Crippen molar-refractivity contribution in [1.82, 2.24) is 19.4 Å². The van der Waals surface area contributed by atoms with E-state index < -0.39 is 47.0 Å². The highest BCUT2D eigenvalue weighted by molar-refractivity contribution is 6.31. The summed E-state index contributed by atoms with van der Waals surface area (Å²) in [7, 11) is 0. The molecule has 0 fully saturated rings. The molecular weight excluding hydrogens is 554 g/mol. The molecule has 3 aromatic rings. The first-order chi connectivity index (χ1) is 19.5. The molecule has 0 bridgehead atoms. The van der Waals surface area contributed by atoms with Gasteiger partial charge in [0.05, 0.1) is 23.5 Å². The average molecular weight is 585 g/mol. The number of ether oxygens (including phenoxy) is 1. The van der Waals surface area contributed by atoms with E-state index in [1.54, 1.807) is 18.3 Å². The van der Waals surface area contributed by atoms with Gasteiger partial charge in [-0.3, -0.25) is 19.1 Å². The van der Waals surface area contributed by atoms with Crippen molar-refractivity contribution in [3.05, 3.63) is 102 Å². The summed E-state index contributed by atoms with van der Waals surface area (Å²) >= 11 is 6.60. The summed E-state index contributed by atoms with van der Waals surface area (Å²) in [5.74, 6) is -0.228. The van der Waals surface area contributed by atoms with Crippen LogP contribution in [-0.4, -0.2) is 25.4 Å². The van der Waals surface area contributed by atoms with Gasteiger partial charge in [-0.2, -0.15) is 0 Å². The highest BCUT2D eigenvalue weighted by Crippen LogP contribution is 2.41. The predicted molar refractivity (Wildman–Crippen MR) is 149 cm³/mol. The number of aryl methyl sites for hydroxylation is 2. The van der Waals surface area contributed by atoms with Gasteiger partial charge in [0.15, 0.2) is 6.17 Å². The van der Waals surface area contributed by atoms with Crippen molar-refractivity contribution in [3.8, 4) is 5.75 Å². The molecule has 0 saturated heterocycles. The topological polar surface area (TPSA) is 98.4 Å². The molecule has 0 radical (unpaired) electrons. The second-order valence-corrected chi connectivity index (χ2v) is 11.8. The van der Waals surface area contributed by atoms with Crippen molar-refractivity contribution < 1.29 is 18.6 Å². The molecule has 3 aromatic heterocycles.